The van der Waals surface area contributed by atoms with Gasteiger partial charge in [0.25, 0.3) is 0 Å². The molecule has 0 atom stereocenters. The van der Waals surface area contributed by atoms with Gasteiger partial charge in [0.15, 0.2) is 5.69 Å². The first-order valence-corrected chi connectivity index (χ1v) is 8.37. The summed E-state index contributed by atoms with van der Waals surface area (Å²) in [5, 5.41) is 16.6. The Bertz CT molecular complexity index is 1120. The van der Waals surface area contributed by atoms with Crippen LogP contribution in [0.1, 0.15) is 0 Å². The van der Waals surface area contributed by atoms with E-state index in [1.54, 1.807) is 16.6 Å². The van der Waals surface area contributed by atoms with E-state index >= 15 is 0 Å². The van der Waals surface area contributed by atoms with Gasteiger partial charge < -0.3 is 9.84 Å². The maximum Gasteiger partial charge on any atom is 0.300 e. The molecule has 2 aromatic carbocycles. The molecule has 4 aromatic rings. The fraction of sp³-hybridized carbons (Fsp3) is 0.0556. The Morgan fingerprint density at radius 1 is 1.16 bits per heavy atom. The summed E-state index contributed by atoms with van der Waals surface area (Å²) in [6, 6.07) is 14.2. The Kier molecular flexibility index (Phi) is 3.70. The molecule has 0 saturated heterocycles. The van der Waals surface area contributed by atoms with Gasteiger partial charge in [0.1, 0.15) is 11.5 Å². The zero-order valence-corrected chi connectivity index (χ0v) is 14.0. The van der Waals surface area contributed by atoms with Gasteiger partial charge in [-0.3, -0.25) is 4.79 Å². The number of phenols is 1. The van der Waals surface area contributed by atoms with Gasteiger partial charge >= 0.3 is 5.56 Å². The van der Waals surface area contributed by atoms with Crippen molar-refractivity contribution < 1.29 is 9.84 Å². The maximum absolute atomic E-state index is 12.3. The molecular formula is C18H13N3O3S. The minimum atomic E-state index is -0.376. The molecular weight excluding hydrogens is 338 g/mol. The maximum atomic E-state index is 12.3. The van der Waals surface area contributed by atoms with E-state index in [4.69, 9.17) is 4.74 Å². The van der Waals surface area contributed by atoms with Gasteiger partial charge in [-0.15, -0.1) is 11.3 Å². The van der Waals surface area contributed by atoms with Crippen molar-refractivity contribution in [3.05, 3.63) is 64.3 Å². The molecule has 4 rings (SSSR count). The fourth-order valence-corrected chi connectivity index (χ4v) is 3.39. The molecule has 0 aliphatic heterocycles. The van der Waals surface area contributed by atoms with Crippen molar-refractivity contribution >= 4 is 16.3 Å². The lowest BCUT2D eigenvalue weighted by atomic mass is 10.1. The molecule has 124 valence electrons. The van der Waals surface area contributed by atoms with Gasteiger partial charge in [0.2, 0.25) is 4.96 Å². The molecule has 1 N–H and O–H groups in total. The number of fused-ring (bicyclic) bond motifs is 1. The predicted octanol–water partition coefficient (Wildman–Crippen LogP) is 3.20. The SMILES string of the molecule is COc1ccc(-c2csc3nc(=O)c(-c4ccccc4)nn23)c(O)c1. The Labute approximate surface area is 146 Å². The molecule has 0 radical (unpaired) electrons. The van der Waals surface area contributed by atoms with E-state index in [2.05, 4.69) is 10.1 Å². The van der Waals surface area contributed by atoms with Crippen LogP contribution in [0, 0.1) is 0 Å². The summed E-state index contributed by atoms with van der Waals surface area (Å²) in [4.78, 5) is 16.9. The summed E-state index contributed by atoms with van der Waals surface area (Å²) >= 11 is 1.29. The number of methoxy groups -OCH3 is 1. The molecule has 0 fully saturated rings. The van der Waals surface area contributed by atoms with Gasteiger partial charge in [-0.05, 0) is 12.1 Å². The first-order valence-electron chi connectivity index (χ1n) is 7.49. The topological polar surface area (TPSA) is 76.7 Å². The van der Waals surface area contributed by atoms with Crippen molar-refractivity contribution in [1.29, 1.82) is 0 Å². The molecule has 2 aromatic heterocycles. The quantitative estimate of drug-likeness (QED) is 0.613. The van der Waals surface area contributed by atoms with Crippen LogP contribution >= 0.6 is 11.3 Å². The van der Waals surface area contributed by atoms with Gasteiger partial charge in [0, 0.05) is 22.6 Å². The predicted molar refractivity (Wildman–Crippen MR) is 96.2 cm³/mol. The number of ether oxygens (including phenoxy) is 1. The largest absolute Gasteiger partial charge is 0.507 e. The molecule has 7 heteroatoms. The van der Waals surface area contributed by atoms with E-state index in [9.17, 15) is 9.90 Å². The average molecular weight is 351 g/mol. The zero-order valence-electron chi connectivity index (χ0n) is 13.2. The molecule has 0 amide bonds. The first-order chi connectivity index (χ1) is 12.2. The highest BCUT2D eigenvalue weighted by Crippen LogP contribution is 2.34. The summed E-state index contributed by atoms with van der Waals surface area (Å²) in [5.74, 6) is 0.629. The lowest BCUT2D eigenvalue weighted by Crippen LogP contribution is -2.14. The number of hydrogen-bond acceptors (Lipinski definition) is 6. The Morgan fingerprint density at radius 2 is 1.96 bits per heavy atom. The van der Waals surface area contributed by atoms with Gasteiger partial charge in [-0.25, -0.2) is 4.52 Å². The van der Waals surface area contributed by atoms with E-state index in [1.165, 1.54) is 24.5 Å². The van der Waals surface area contributed by atoms with Crippen LogP contribution in [0.4, 0.5) is 0 Å². The van der Waals surface area contributed by atoms with Crippen molar-refractivity contribution in [3.63, 3.8) is 0 Å². The van der Waals surface area contributed by atoms with Gasteiger partial charge in [-0.2, -0.15) is 10.1 Å². The number of nitrogens with zero attached hydrogens (tertiary/aromatic N) is 3. The van der Waals surface area contributed by atoms with Crippen LogP contribution < -0.4 is 10.3 Å². The zero-order chi connectivity index (χ0) is 17.4. The standard InChI is InChI=1S/C18H13N3O3S/c1-24-12-7-8-13(15(22)9-12)14-10-25-18-19-17(23)16(20-21(14)18)11-5-3-2-4-6-11/h2-10,22H,1H3. The van der Waals surface area contributed by atoms with E-state index < -0.39 is 0 Å². The third-order valence-corrected chi connectivity index (χ3v) is 4.63. The second-order valence-corrected chi connectivity index (χ2v) is 6.17. The van der Waals surface area contributed by atoms with E-state index in [1.807, 2.05) is 35.7 Å². The van der Waals surface area contributed by atoms with Crippen molar-refractivity contribution in [3.8, 4) is 34.0 Å². The molecule has 0 spiro atoms. The van der Waals surface area contributed by atoms with Crippen LogP contribution in [0.15, 0.2) is 58.7 Å². The van der Waals surface area contributed by atoms with Crippen molar-refractivity contribution in [2.24, 2.45) is 0 Å². The fourth-order valence-electron chi connectivity index (χ4n) is 2.57. The smallest absolute Gasteiger partial charge is 0.300 e. The Balaban J connectivity index is 1.93. The number of thiazole rings is 1. The molecule has 25 heavy (non-hydrogen) atoms. The third-order valence-electron chi connectivity index (χ3n) is 3.81. The summed E-state index contributed by atoms with van der Waals surface area (Å²) in [5.41, 5.74) is 1.84. The minimum absolute atomic E-state index is 0.0702. The second-order valence-electron chi connectivity index (χ2n) is 5.33. The molecule has 0 saturated carbocycles. The second kappa shape index (κ2) is 6.03. The van der Waals surface area contributed by atoms with Crippen molar-refractivity contribution in [1.82, 2.24) is 14.6 Å². The highest BCUT2D eigenvalue weighted by atomic mass is 32.1. The average Bonchev–Trinajstić information content (AvgIpc) is 3.04. The van der Waals surface area contributed by atoms with Crippen LogP contribution in [0.2, 0.25) is 0 Å². The van der Waals surface area contributed by atoms with Crippen LogP contribution in [0.5, 0.6) is 11.5 Å². The molecule has 0 bridgehead atoms. The normalized spacial score (nSPS) is 10.9. The molecule has 0 unspecified atom stereocenters. The van der Waals surface area contributed by atoms with E-state index in [0.29, 0.717) is 27.5 Å². The number of benzene rings is 2. The van der Waals surface area contributed by atoms with Crippen LogP contribution in [-0.2, 0) is 0 Å². The van der Waals surface area contributed by atoms with Gasteiger partial charge in [-0.1, -0.05) is 30.3 Å². The Hall–Kier alpha value is -3.19. The number of hydrogen-bond donors (Lipinski definition) is 1. The first kappa shape index (κ1) is 15.3. The van der Waals surface area contributed by atoms with E-state index in [0.717, 1.165) is 0 Å². The van der Waals surface area contributed by atoms with Crippen LogP contribution in [0.3, 0.4) is 0 Å². The minimum Gasteiger partial charge on any atom is -0.507 e. The third kappa shape index (κ3) is 2.64. The lowest BCUT2D eigenvalue weighted by molar-refractivity contribution is 0.408. The number of phenolic OH excluding ortho intramolecular Hbond substituents is 1. The Morgan fingerprint density at radius 3 is 2.68 bits per heavy atom. The molecule has 0 aliphatic rings. The van der Waals surface area contributed by atoms with Crippen molar-refractivity contribution in [2.75, 3.05) is 7.11 Å². The number of aromatic hydroxyl groups is 1. The molecule has 2 heterocycles. The van der Waals surface area contributed by atoms with Crippen molar-refractivity contribution in [2.45, 2.75) is 0 Å². The summed E-state index contributed by atoms with van der Waals surface area (Å²) in [6.07, 6.45) is 0. The summed E-state index contributed by atoms with van der Waals surface area (Å²) in [7, 11) is 1.54. The highest BCUT2D eigenvalue weighted by Gasteiger charge is 2.15. The van der Waals surface area contributed by atoms with Crippen LogP contribution in [0.25, 0.3) is 27.5 Å². The molecule has 0 aliphatic carbocycles. The van der Waals surface area contributed by atoms with E-state index in [-0.39, 0.29) is 17.0 Å². The monoisotopic (exact) mass is 351 g/mol. The molecule has 6 nitrogen and oxygen atoms in total. The summed E-state index contributed by atoms with van der Waals surface area (Å²) < 4.78 is 6.69. The highest BCUT2D eigenvalue weighted by molar-refractivity contribution is 7.15. The lowest BCUT2D eigenvalue weighted by Gasteiger charge is -2.07. The van der Waals surface area contributed by atoms with Crippen LogP contribution in [-0.4, -0.2) is 26.8 Å². The summed E-state index contributed by atoms with van der Waals surface area (Å²) in [6.45, 7) is 0. The van der Waals surface area contributed by atoms with Gasteiger partial charge in [0.05, 0.1) is 12.8 Å². The number of rotatable bonds is 3. The number of aromatic nitrogens is 3.